The Bertz CT molecular complexity index is 674. The zero-order chi connectivity index (χ0) is 16.9. The van der Waals surface area contributed by atoms with Crippen LogP contribution in [0.3, 0.4) is 0 Å². The number of hydrogen-bond acceptors (Lipinski definition) is 6. The molecule has 0 saturated carbocycles. The summed E-state index contributed by atoms with van der Waals surface area (Å²) in [4.78, 5) is 18.6. The molecule has 2 heterocycles. The number of carbonyl (C=O) groups is 1. The maximum absolute atomic E-state index is 12.0. The van der Waals surface area contributed by atoms with Crippen molar-refractivity contribution in [3.8, 4) is 0 Å². The van der Waals surface area contributed by atoms with Crippen molar-refractivity contribution in [2.24, 2.45) is 0 Å². The fourth-order valence-electron chi connectivity index (χ4n) is 2.41. The van der Waals surface area contributed by atoms with Gasteiger partial charge in [-0.05, 0) is 38.1 Å². The molecule has 0 bridgehead atoms. The molecule has 7 heteroatoms. The van der Waals surface area contributed by atoms with Gasteiger partial charge in [-0.1, -0.05) is 11.8 Å². The minimum Gasteiger partial charge on any atom is -0.437 e. The van der Waals surface area contributed by atoms with E-state index in [1.54, 1.807) is 0 Å². The third-order valence-electron chi connectivity index (χ3n) is 3.86. The molecule has 6 nitrogen and oxygen atoms in total. The third kappa shape index (κ3) is 4.30. The fourth-order valence-corrected chi connectivity index (χ4v) is 3.12. The summed E-state index contributed by atoms with van der Waals surface area (Å²) in [6.07, 6.45) is 0. The van der Waals surface area contributed by atoms with Crippen molar-refractivity contribution in [1.82, 2.24) is 4.98 Å². The topological polar surface area (TPSA) is 67.6 Å². The minimum absolute atomic E-state index is 0.0763. The second-order valence-electron chi connectivity index (χ2n) is 5.60. The molecular formula is C17H21N3O3S. The zero-order valence-corrected chi connectivity index (χ0v) is 14.7. The van der Waals surface area contributed by atoms with Gasteiger partial charge in [0.1, 0.15) is 5.76 Å². The number of amides is 1. The number of morpholine rings is 1. The van der Waals surface area contributed by atoms with Gasteiger partial charge in [0.15, 0.2) is 0 Å². The highest BCUT2D eigenvalue weighted by Crippen LogP contribution is 2.21. The van der Waals surface area contributed by atoms with Gasteiger partial charge in [-0.25, -0.2) is 4.98 Å². The number of anilines is 2. The first kappa shape index (κ1) is 16.9. The molecule has 1 amide bonds. The Hall–Kier alpha value is -1.99. The molecule has 1 aromatic carbocycles. The van der Waals surface area contributed by atoms with Crippen LogP contribution in [0, 0.1) is 13.8 Å². The van der Waals surface area contributed by atoms with Gasteiger partial charge in [0.2, 0.25) is 5.91 Å². The van der Waals surface area contributed by atoms with E-state index >= 15 is 0 Å². The Morgan fingerprint density at radius 3 is 2.58 bits per heavy atom. The number of oxazole rings is 1. The Balaban J connectivity index is 1.50. The fraction of sp³-hybridized carbons (Fsp3) is 0.412. The highest BCUT2D eigenvalue weighted by Gasteiger charge is 2.12. The summed E-state index contributed by atoms with van der Waals surface area (Å²) in [5.41, 5.74) is 2.80. The first-order valence-electron chi connectivity index (χ1n) is 7.91. The number of nitrogens with zero attached hydrogens (tertiary/aromatic N) is 2. The largest absolute Gasteiger partial charge is 0.437 e. The highest BCUT2D eigenvalue weighted by atomic mass is 32.2. The number of rotatable bonds is 5. The smallest absolute Gasteiger partial charge is 0.256 e. The molecule has 1 aliphatic heterocycles. The first-order valence-corrected chi connectivity index (χ1v) is 8.90. The number of nitrogens with one attached hydrogen (secondary N) is 1. The Morgan fingerprint density at radius 2 is 1.96 bits per heavy atom. The highest BCUT2D eigenvalue weighted by molar-refractivity contribution is 7.99. The maximum atomic E-state index is 12.0. The van der Waals surface area contributed by atoms with Gasteiger partial charge in [-0.3, -0.25) is 4.79 Å². The quantitative estimate of drug-likeness (QED) is 0.839. The predicted octanol–water partition coefficient (Wildman–Crippen LogP) is 2.86. The molecule has 1 aromatic heterocycles. The van der Waals surface area contributed by atoms with Crippen molar-refractivity contribution in [2.75, 3.05) is 42.3 Å². The summed E-state index contributed by atoms with van der Waals surface area (Å²) in [7, 11) is 0. The summed E-state index contributed by atoms with van der Waals surface area (Å²) in [5.74, 6) is 0.981. The molecule has 1 fully saturated rings. The molecule has 2 aromatic rings. The van der Waals surface area contributed by atoms with Crippen LogP contribution in [-0.2, 0) is 9.53 Å². The molecule has 0 radical (unpaired) electrons. The monoisotopic (exact) mass is 347 g/mol. The van der Waals surface area contributed by atoms with Gasteiger partial charge in [0, 0.05) is 24.5 Å². The van der Waals surface area contributed by atoms with Crippen LogP contribution in [0.1, 0.15) is 11.5 Å². The van der Waals surface area contributed by atoms with E-state index in [-0.39, 0.29) is 11.7 Å². The molecule has 1 aliphatic rings. The second-order valence-corrected chi connectivity index (χ2v) is 6.53. The summed E-state index contributed by atoms with van der Waals surface area (Å²) in [5, 5.41) is 3.42. The molecule has 128 valence electrons. The van der Waals surface area contributed by atoms with Gasteiger partial charge in [0.25, 0.3) is 5.22 Å². The lowest BCUT2D eigenvalue weighted by molar-refractivity contribution is -0.113. The number of thioether (sulfide) groups is 1. The molecule has 0 unspecified atom stereocenters. The van der Waals surface area contributed by atoms with Crippen LogP contribution in [-0.4, -0.2) is 42.9 Å². The number of hydrogen-bond donors (Lipinski definition) is 1. The number of benzene rings is 1. The van der Waals surface area contributed by atoms with Crippen LogP contribution in [0.2, 0.25) is 0 Å². The summed E-state index contributed by atoms with van der Waals surface area (Å²) >= 11 is 1.30. The van der Waals surface area contributed by atoms with Crippen molar-refractivity contribution in [1.29, 1.82) is 0 Å². The van der Waals surface area contributed by atoms with Gasteiger partial charge >= 0.3 is 0 Å². The van der Waals surface area contributed by atoms with E-state index in [2.05, 4.69) is 15.2 Å². The van der Waals surface area contributed by atoms with E-state index < -0.39 is 0 Å². The van der Waals surface area contributed by atoms with Crippen LogP contribution < -0.4 is 10.2 Å². The summed E-state index contributed by atoms with van der Waals surface area (Å²) in [6.45, 7) is 7.07. The van der Waals surface area contributed by atoms with E-state index in [9.17, 15) is 4.79 Å². The number of aromatic nitrogens is 1. The van der Waals surface area contributed by atoms with Gasteiger partial charge in [-0.15, -0.1) is 0 Å². The molecule has 3 rings (SSSR count). The molecule has 0 spiro atoms. The Kier molecular flexibility index (Phi) is 5.42. The van der Waals surface area contributed by atoms with Gasteiger partial charge < -0.3 is 19.4 Å². The van der Waals surface area contributed by atoms with Crippen LogP contribution in [0.5, 0.6) is 0 Å². The molecule has 1 saturated heterocycles. The third-order valence-corrected chi connectivity index (χ3v) is 4.69. The Labute approximate surface area is 145 Å². The van der Waals surface area contributed by atoms with Crippen LogP contribution >= 0.6 is 11.8 Å². The Morgan fingerprint density at radius 1 is 1.25 bits per heavy atom. The van der Waals surface area contributed by atoms with Crippen molar-refractivity contribution >= 4 is 29.0 Å². The average molecular weight is 347 g/mol. The standard InChI is InChI=1S/C17H21N3O3S/c1-12-13(2)23-17(18-12)24-11-16(21)19-14-3-5-15(6-4-14)20-7-9-22-10-8-20/h3-6H,7-11H2,1-2H3,(H,19,21). The molecule has 0 atom stereocenters. The lowest BCUT2D eigenvalue weighted by Gasteiger charge is -2.28. The molecule has 1 N–H and O–H groups in total. The van der Waals surface area contributed by atoms with Crippen LogP contribution in [0.15, 0.2) is 33.9 Å². The van der Waals surface area contributed by atoms with Crippen molar-refractivity contribution in [2.45, 2.75) is 19.1 Å². The molecule has 24 heavy (non-hydrogen) atoms. The number of carbonyl (C=O) groups excluding carboxylic acids is 1. The SMILES string of the molecule is Cc1nc(SCC(=O)Nc2ccc(N3CCOCC3)cc2)oc1C. The second kappa shape index (κ2) is 7.72. The number of aryl methyl sites for hydroxylation is 2. The van der Waals surface area contributed by atoms with E-state index in [1.165, 1.54) is 11.8 Å². The average Bonchev–Trinajstić information content (AvgIpc) is 2.93. The summed E-state index contributed by atoms with van der Waals surface area (Å²) in [6, 6.07) is 7.89. The maximum Gasteiger partial charge on any atom is 0.256 e. The summed E-state index contributed by atoms with van der Waals surface area (Å²) < 4.78 is 10.8. The van der Waals surface area contributed by atoms with Crippen LogP contribution in [0.4, 0.5) is 11.4 Å². The first-order chi connectivity index (χ1) is 11.6. The predicted molar refractivity (Wildman–Crippen MR) is 94.8 cm³/mol. The number of ether oxygens (including phenoxy) is 1. The molecular weight excluding hydrogens is 326 g/mol. The lowest BCUT2D eigenvalue weighted by atomic mass is 10.2. The van der Waals surface area contributed by atoms with Crippen molar-refractivity contribution in [3.63, 3.8) is 0 Å². The van der Waals surface area contributed by atoms with Crippen molar-refractivity contribution in [3.05, 3.63) is 35.7 Å². The zero-order valence-electron chi connectivity index (χ0n) is 13.9. The van der Waals surface area contributed by atoms with Gasteiger partial charge in [0.05, 0.1) is 24.7 Å². The van der Waals surface area contributed by atoms with Crippen molar-refractivity contribution < 1.29 is 13.9 Å². The minimum atomic E-state index is -0.0763. The van der Waals surface area contributed by atoms with Gasteiger partial charge in [-0.2, -0.15) is 0 Å². The normalized spacial score (nSPS) is 14.7. The lowest BCUT2D eigenvalue weighted by Crippen LogP contribution is -2.36. The van der Waals surface area contributed by atoms with E-state index in [4.69, 9.17) is 9.15 Å². The molecule has 0 aliphatic carbocycles. The van der Waals surface area contributed by atoms with Crippen LogP contribution in [0.25, 0.3) is 0 Å². The van der Waals surface area contributed by atoms with E-state index in [1.807, 2.05) is 38.1 Å². The van der Waals surface area contributed by atoms with E-state index in [0.717, 1.165) is 49.1 Å². The van der Waals surface area contributed by atoms with E-state index in [0.29, 0.717) is 5.22 Å².